The van der Waals surface area contributed by atoms with Crippen LogP contribution in [-0.2, 0) is 6.42 Å². The maximum absolute atomic E-state index is 14.1. The fourth-order valence-electron chi connectivity index (χ4n) is 1.64. The van der Waals surface area contributed by atoms with Crippen LogP contribution in [0.5, 0.6) is 0 Å². The summed E-state index contributed by atoms with van der Waals surface area (Å²) in [5, 5.41) is 11.6. The first-order valence-electron chi connectivity index (χ1n) is 5.34. The Labute approximate surface area is 103 Å². The molecule has 0 saturated heterocycles. The average Bonchev–Trinajstić information content (AvgIpc) is 2.87. The van der Waals surface area contributed by atoms with Crippen molar-refractivity contribution in [2.24, 2.45) is 10.9 Å². The molecule has 0 atom stereocenters. The minimum Gasteiger partial charge on any atom is -0.409 e. The molecule has 2 aromatic rings. The first-order chi connectivity index (χ1) is 8.69. The molecule has 2 heterocycles. The molecule has 3 N–H and O–H groups in total. The number of aryl methyl sites for hydroxylation is 1. The number of oxime groups is 1. The third kappa shape index (κ3) is 1.90. The molecule has 0 unspecified atom stereocenters. The molecule has 0 spiro atoms. The van der Waals surface area contributed by atoms with E-state index >= 15 is 0 Å². The van der Waals surface area contributed by atoms with Crippen molar-refractivity contribution >= 4 is 5.84 Å². The van der Waals surface area contributed by atoms with Crippen LogP contribution >= 0.6 is 0 Å². The number of nitrogens with two attached hydrogens (primary N) is 1. The van der Waals surface area contributed by atoms with Gasteiger partial charge in [0.05, 0.1) is 11.4 Å². The van der Waals surface area contributed by atoms with Gasteiger partial charge >= 0.3 is 0 Å². The van der Waals surface area contributed by atoms with E-state index in [0.717, 1.165) is 0 Å². The lowest BCUT2D eigenvalue weighted by atomic mass is 10.3. The molecule has 0 aliphatic heterocycles. The van der Waals surface area contributed by atoms with Gasteiger partial charge in [-0.2, -0.15) is 0 Å². The molecule has 18 heavy (non-hydrogen) atoms. The van der Waals surface area contributed by atoms with Crippen LogP contribution < -0.4 is 5.73 Å². The van der Waals surface area contributed by atoms with Gasteiger partial charge < -0.3 is 10.9 Å². The van der Waals surface area contributed by atoms with E-state index in [-0.39, 0.29) is 11.7 Å². The van der Waals surface area contributed by atoms with Gasteiger partial charge in [0.25, 0.3) is 0 Å². The van der Waals surface area contributed by atoms with E-state index in [0.29, 0.717) is 17.8 Å². The van der Waals surface area contributed by atoms with Gasteiger partial charge in [0, 0.05) is 6.20 Å². The van der Waals surface area contributed by atoms with Crippen LogP contribution in [0.3, 0.4) is 0 Å². The first kappa shape index (κ1) is 12.0. The summed E-state index contributed by atoms with van der Waals surface area (Å²) < 4.78 is 15.5. The third-order valence-electron chi connectivity index (χ3n) is 2.53. The molecule has 0 aliphatic rings. The van der Waals surface area contributed by atoms with Crippen LogP contribution in [0.15, 0.2) is 29.8 Å². The highest BCUT2D eigenvalue weighted by atomic mass is 19.1. The molecule has 0 radical (unpaired) electrons. The minimum atomic E-state index is -0.511. The molecule has 0 amide bonds. The molecule has 0 aromatic carbocycles. The normalized spacial score (nSPS) is 11.8. The lowest BCUT2D eigenvalue weighted by Crippen LogP contribution is -2.19. The van der Waals surface area contributed by atoms with Gasteiger partial charge in [-0.1, -0.05) is 12.1 Å². The molecule has 0 saturated carbocycles. The molecule has 0 aliphatic carbocycles. The van der Waals surface area contributed by atoms with Crippen LogP contribution in [0.2, 0.25) is 0 Å². The predicted octanol–water partition coefficient (Wildman–Crippen LogP) is 1.06. The minimum absolute atomic E-state index is 0.0773. The van der Waals surface area contributed by atoms with Crippen LogP contribution in [0.1, 0.15) is 18.3 Å². The first-order valence-corrected chi connectivity index (χ1v) is 5.34. The molecule has 2 aromatic heterocycles. The van der Waals surface area contributed by atoms with Crippen LogP contribution in [-0.4, -0.2) is 25.6 Å². The zero-order chi connectivity index (χ0) is 13.1. The van der Waals surface area contributed by atoms with Gasteiger partial charge in [0.1, 0.15) is 6.33 Å². The third-order valence-corrected chi connectivity index (χ3v) is 2.53. The summed E-state index contributed by atoms with van der Waals surface area (Å²) in [6.45, 7) is 1.80. The number of aromatic nitrogens is 3. The van der Waals surface area contributed by atoms with Crippen molar-refractivity contribution < 1.29 is 9.60 Å². The summed E-state index contributed by atoms with van der Waals surface area (Å²) in [6, 6.07) is 3.25. The van der Waals surface area contributed by atoms with Crippen molar-refractivity contribution in [3.63, 3.8) is 0 Å². The van der Waals surface area contributed by atoms with Gasteiger partial charge in [0.2, 0.25) is 0 Å². The number of amidine groups is 1. The second-order valence-corrected chi connectivity index (χ2v) is 3.56. The molecule has 2 rings (SSSR count). The summed E-state index contributed by atoms with van der Waals surface area (Å²) in [5.41, 5.74) is 6.19. The Morgan fingerprint density at radius 3 is 3.00 bits per heavy atom. The highest BCUT2D eigenvalue weighted by Gasteiger charge is 2.15. The summed E-state index contributed by atoms with van der Waals surface area (Å²) >= 11 is 0. The fourth-order valence-corrected chi connectivity index (χ4v) is 1.64. The number of hydrogen-bond acceptors (Lipinski definition) is 4. The molecule has 0 bridgehead atoms. The average molecular weight is 249 g/mol. The van der Waals surface area contributed by atoms with Crippen molar-refractivity contribution in [1.29, 1.82) is 0 Å². The maximum Gasteiger partial charge on any atom is 0.187 e. The van der Waals surface area contributed by atoms with Crippen LogP contribution in [0, 0.1) is 5.82 Å². The van der Waals surface area contributed by atoms with Gasteiger partial charge in [-0.3, -0.25) is 4.57 Å². The Kier molecular flexibility index (Phi) is 3.22. The smallest absolute Gasteiger partial charge is 0.187 e. The van der Waals surface area contributed by atoms with Gasteiger partial charge in [-0.15, -0.1) is 0 Å². The van der Waals surface area contributed by atoms with Crippen molar-refractivity contribution in [3.05, 3.63) is 41.9 Å². The second kappa shape index (κ2) is 4.82. The van der Waals surface area contributed by atoms with E-state index in [2.05, 4.69) is 15.1 Å². The lowest BCUT2D eigenvalue weighted by molar-refractivity contribution is 0.318. The van der Waals surface area contributed by atoms with Crippen molar-refractivity contribution in [3.8, 4) is 5.82 Å². The molecular weight excluding hydrogens is 237 g/mol. The Morgan fingerprint density at radius 2 is 2.33 bits per heavy atom. The van der Waals surface area contributed by atoms with Crippen molar-refractivity contribution in [1.82, 2.24) is 14.5 Å². The summed E-state index contributed by atoms with van der Waals surface area (Å²) in [7, 11) is 0. The monoisotopic (exact) mass is 249 g/mol. The van der Waals surface area contributed by atoms with Gasteiger partial charge in [-0.05, 0) is 18.6 Å². The molecule has 94 valence electrons. The predicted molar refractivity (Wildman–Crippen MR) is 63.2 cm³/mol. The van der Waals surface area contributed by atoms with E-state index in [4.69, 9.17) is 10.9 Å². The van der Waals surface area contributed by atoms with Crippen LogP contribution in [0.25, 0.3) is 5.82 Å². The Balaban J connectivity index is 2.60. The number of halogens is 1. The molecule has 0 fully saturated rings. The fraction of sp³-hybridized carbons (Fsp3) is 0.182. The number of rotatable bonds is 3. The summed E-state index contributed by atoms with van der Waals surface area (Å²) in [4.78, 5) is 7.74. The quantitative estimate of drug-likeness (QED) is 0.368. The van der Waals surface area contributed by atoms with E-state index in [9.17, 15) is 4.39 Å². The molecule has 6 nitrogen and oxygen atoms in total. The Bertz CT molecular complexity index is 593. The van der Waals surface area contributed by atoms with Crippen molar-refractivity contribution in [2.45, 2.75) is 13.3 Å². The largest absolute Gasteiger partial charge is 0.409 e. The molecule has 7 heteroatoms. The highest BCUT2D eigenvalue weighted by Crippen LogP contribution is 2.16. The van der Waals surface area contributed by atoms with E-state index in [1.807, 2.05) is 0 Å². The summed E-state index contributed by atoms with van der Waals surface area (Å²) in [6.07, 6.45) is 3.33. The van der Waals surface area contributed by atoms with E-state index < -0.39 is 5.82 Å². The number of nitrogens with zero attached hydrogens (tertiary/aromatic N) is 4. The summed E-state index contributed by atoms with van der Waals surface area (Å²) in [5.74, 6) is -0.548. The van der Waals surface area contributed by atoms with Crippen LogP contribution in [0.4, 0.5) is 4.39 Å². The SMILES string of the molecule is CCc1ncnc(-n2cccc2/C(N)=N/O)c1F. The topological polar surface area (TPSA) is 89.3 Å². The zero-order valence-electron chi connectivity index (χ0n) is 9.71. The Hall–Kier alpha value is -2.44. The maximum atomic E-state index is 14.1. The standard InChI is InChI=1S/C11H12FN5O/c1-2-7-9(12)11(15-6-14-7)17-5-3-4-8(17)10(13)16-18/h3-6,18H,2H2,1H3,(H2,13,16). The van der Waals surface area contributed by atoms with E-state index in [1.54, 1.807) is 25.3 Å². The Morgan fingerprint density at radius 1 is 1.56 bits per heavy atom. The van der Waals surface area contributed by atoms with Gasteiger partial charge in [0.15, 0.2) is 17.5 Å². The number of hydrogen-bond donors (Lipinski definition) is 2. The molecular formula is C11H12FN5O. The zero-order valence-corrected chi connectivity index (χ0v) is 9.71. The van der Waals surface area contributed by atoms with E-state index in [1.165, 1.54) is 10.9 Å². The highest BCUT2D eigenvalue weighted by molar-refractivity contribution is 5.96. The second-order valence-electron chi connectivity index (χ2n) is 3.56. The van der Waals surface area contributed by atoms with Gasteiger partial charge in [-0.25, -0.2) is 14.4 Å². The van der Waals surface area contributed by atoms with Crippen molar-refractivity contribution in [2.75, 3.05) is 0 Å². The lowest BCUT2D eigenvalue weighted by Gasteiger charge is -2.09.